The molecule has 1 N–H and O–H groups in total. The van der Waals surface area contributed by atoms with E-state index in [2.05, 4.69) is 5.32 Å². The van der Waals surface area contributed by atoms with Gasteiger partial charge in [-0.2, -0.15) is 8.42 Å². The Morgan fingerprint density at radius 3 is 2.16 bits per heavy atom. The van der Waals surface area contributed by atoms with Crippen LogP contribution in [0.5, 0.6) is 0 Å². The standard InChI is InChI=1S/C27H36N2O8S/c1-26(2,3)37-25(31)29-22(18-35-38(32,33)19-21-14-10-7-11-15-21)23(36-27(29,4)5)16-28-24(30)34-17-20-12-8-6-9-13-20/h6-15,22-23H,16-19H2,1-5H3,(H,28,30). The number of amides is 2. The highest BCUT2D eigenvalue weighted by Crippen LogP contribution is 2.34. The van der Waals surface area contributed by atoms with Gasteiger partial charge in [0.15, 0.2) is 0 Å². The molecule has 1 fully saturated rings. The first-order valence-corrected chi connectivity index (χ1v) is 13.9. The molecule has 2 atom stereocenters. The van der Waals surface area contributed by atoms with E-state index < -0.39 is 45.8 Å². The van der Waals surface area contributed by atoms with Crippen LogP contribution >= 0.6 is 0 Å². The highest BCUT2D eigenvalue weighted by atomic mass is 32.2. The second-order valence-electron chi connectivity index (χ2n) is 10.4. The average Bonchev–Trinajstić information content (AvgIpc) is 3.09. The monoisotopic (exact) mass is 548 g/mol. The first-order chi connectivity index (χ1) is 17.8. The maximum Gasteiger partial charge on any atom is 0.412 e. The fraction of sp³-hybridized carbons (Fsp3) is 0.481. The molecule has 10 nitrogen and oxygen atoms in total. The summed E-state index contributed by atoms with van der Waals surface area (Å²) in [6.45, 7) is 8.15. The normalized spacial score (nSPS) is 19.1. The van der Waals surface area contributed by atoms with E-state index in [0.29, 0.717) is 5.56 Å². The number of benzene rings is 2. The molecule has 0 bridgehead atoms. The van der Waals surface area contributed by atoms with Crippen molar-refractivity contribution in [3.05, 3.63) is 71.8 Å². The Hall–Kier alpha value is -3.15. The molecule has 1 aliphatic rings. The fourth-order valence-electron chi connectivity index (χ4n) is 4.05. The SMILES string of the molecule is CC(C)(C)OC(=O)N1C(COS(=O)(=O)Cc2ccccc2)C(CNC(=O)OCc2ccccc2)OC1(C)C. The van der Waals surface area contributed by atoms with E-state index >= 15 is 0 Å². The Balaban J connectivity index is 1.71. The summed E-state index contributed by atoms with van der Waals surface area (Å²) in [5.74, 6) is -0.327. The van der Waals surface area contributed by atoms with E-state index in [1.54, 1.807) is 65.0 Å². The molecule has 1 heterocycles. The summed E-state index contributed by atoms with van der Waals surface area (Å²) in [5.41, 5.74) is -0.569. The largest absolute Gasteiger partial charge is 0.445 e. The van der Waals surface area contributed by atoms with Gasteiger partial charge in [0, 0.05) is 6.54 Å². The number of nitrogens with one attached hydrogen (secondary N) is 1. The molecule has 208 valence electrons. The van der Waals surface area contributed by atoms with E-state index in [9.17, 15) is 18.0 Å². The summed E-state index contributed by atoms with van der Waals surface area (Å²) in [6.07, 6.45) is -2.17. The summed E-state index contributed by atoms with van der Waals surface area (Å²) < 4.78 is 47.7. The van der Waals surface area contributed by atoms with Crippen LogP contribution in [0, 0.1) is 0 Å². The smallest absolute Gasteiger partial charge is 0.412 e. The second kappa shape index (κ2) is 12.1. The van der Waals surface area contributed by atoms with Crippen molar-refractivity contribution in [3.63, 3.8) is 0 Å². The Labute approximate surface area is 224 Å². The predicted molar refractivity (Wildman–Crippen MR) is 140 cm³/mol. The van der Waals surface area contributed by atoms with E-state index in [0.717, 1.165) is 5.56 Å². The van der Waals surface area contributed by atoms with Crippen molar-refractivity contribution in [2.45, 2.75) is 70.5 Å². The third kappa shape index (κ3) is 8.71. The number of nitrogens with zero attached hydrogens (tertiary/aromatic N) is 1. The van der Waals surface area contributed by atoms with Crippen molar-refractivity contribution in [2.24, 2.45) is 0 Å². The number of hydrogen-bond donors (Lipinski definition) is 1. The van der Waals surface area contributed by atoms with Crippen LogP contribution in [-0.2, 0) is 40.9 Å². The Kier molecular flexibility index (Phi) is 9.40. The second-order valence-corrected chi connectivity index (χ2v) is 12.1. The summed E-state index contributed by atoms with van der Waals surface area (Å²) >= 11 is 0. The average molecular weight is 549 g/mol. The zero-order valence-electron chi connectivity index (χ0n) is 22.4. The summed E-state index contributed by atoms with van der Waals surface area (Å²) in [6, 6.07) is 17.0. The van der Waals surface area contributed by atoms with Crippen LogP contribution < -0.4 is 5.32 Å². The minimum Gasteiger partial charge on any atom is -0.445 e. The van der Waals surface area contributed by atoms with Gasteiger partial charge in [-0.1, -0.05) is 60.7 Å². The number of ether oxygens (including phenoxy) is 3. The van der Waals surface area contributed by atoms with Crippen LogP contribution in [0.2, 0.25) is 0 Å². The number of carbonyl (C=O) groups is 2. The van der Waals surface area contributed by atoms with Crippen LogP contribution in [0.3, 0.4) is 0 Å². The summed E-state index contributed by atoms with van der Waals surface area (Å²) in [5, 5.41) is 2.64. The van der Waals surface area contributed by atoms with Crippen molar-refractivity contribution in [3.8, 4) is 0 Å². The van der Waals surface area contributed by atoms with Crippen LogP contribution in [0.25, 0.3) is 0 Å². The van der Waals surface area contributed by atoms with E-state index in [1.165, 1.54) is 4.90 Å². The van der Waals surface area contributed by atoms with Crippen LogP contribution in [0.15, 0.2) is 60.7 Å². The molecule has 0 aromatic heterocycles. The molecule has 0 spiro atoms. The molecule has 1 aliphatic heterocycles. The van der Waals surface area contributed by atoms with E-state index in [1.807, 2.05) is 30.3 Å². The zero-order valence-corrected chi connectivity index (χ0v) is 23.2. The van der Waals surface area contributed by atoms with Gasteiger partial charge in [-0.25, -0.2) is 9.59 Å². The van der Waals surface area contributed by atoms with Gasteiger partial charge in [-0.05, 0) is 45.7 Å². The third-order valence-corrected chi connectivity index (χ3v) is 6.82. The van der Waals surface area contributed by atoms with Crippen molar-refractivity contribution >= 4 is 22.3 Å². The molecule has 11 heteroatoms. The van der Waals surface area contributed by atoms with Crippen LogP contribution in [0.1, 0.15) is 45.7 Å². The van der Waals surface area contributed by atoms with Gasteiger partial charge >= 0.3 is 12.2 Å². The molecule has 0 aliphatic carbocycles. The first kappa shape index (κ1) is 29.4. The molecule has 3 rings (SSSR count). The summed E-state index contributed by atoms with van der Waals surface area (Å²) in [4.78, 5) is 26.8. The van der Waals surface area contributed by atoms with Crippen molar-refractivity contribution < 1.29 is 36.4 Å². The molecule has 38 heavy (non-hydrogen) atoms. The molecule has 0 saturated carbocycles. The van der Waals surface area contributed by atoms with E-state index in [-0.39, 0.29) is 25.5 Å². The molecule has 2 aromatic carbocycles. The first-order valence-electron chi connectivity index (χ1n) is 12.3. The highest BCUT2D eigenvalue weighted by Gasteiger charge is 2.51. The van der Waals surface area contributed by atoms with E-state index in [4.69, 9.17) is 18.4 Å². The molecule has 2 amide bonds. The van der Waals surface area contributed by atoms with Crippen LogP contribution in [-0.4, -0.2) is 62.1 Å². The fourth-order valence-corrected chi connectivity index (χ4v) is 5.08. The maximum absolute atomic E-state index is 13.2. The lowest BCUT2D eigenvalue weighted by atomic mass is 10.1. The maximum atomic E-state index is 13.2. The molecule has 2 unspecified atom stereocenters. The third-order valence-electron chi connectivity index (χ3n) is 5.64. The van der Waals surface area contributed by atoms with Gasteiger partial charge in [-0.15, -0.1) is 0 Å². The van der Waals surface area contributed by atoms with Gasteiger partial charge in [0.1, 0.15) is 29.8 Å². The van der Waals surface area contributed by atoms with Gasteiger partial charge in [-0.3, -0.25) is 9.08 Å². The molecule has 0 radical (unpaired) electrons. The highest BCUT2D eigenvalue weighted by molar-refractivity contribution is 7.85. The Morgan fingerprint density at radius 2 is 1.58 bits per heavy atom. The molecule has 2 aromatic rings. The Morgan fingerprint density at radius 1 is 1.00 bits per heavy atom. The summed E-state index contributed by atoms with van der Waals surface area (Å²) in [7, 11) is -3.98. The number of hydrogen-bond acceptors (Lipinski definition) is 8. The quantitative estimate of drug-likeness (QED) is 0.463. The number of carbonyl (C=O) groups excluding carboxylic acids is 2. The molecular formula is C27H36N2O8S. The molecule has 1 saturated heterocycles. The van der Waals surface area contributed by atoms with Gasteiger partial charge < -0.3 is 19.5 Å². The van der Waals surface area contributed by atoms with Gasteiger partial charge in [0.2, 0.25) is 0 Å². The zero-order chi connectivity index (χ0) is 28.0. The lowest BCUT2D eigenvalue weighted by molar-refractivity contribution is -0.0784. The van der Waals surface area contributed by atoms with Crippen molar-refractivity contribution in [1.82, 2.24) is 10.2 Å². The number of rotatable bonds is 9. The van der Waals surface area contributed by atoms with Crippen molar-refractivity contribution in [2.75, 3.05) is 13.2 Å². The minimum atomic E-state index is -3.98. The topological polar surface area (TPSA) is 120 Å². The number of alkyl carbamates (subject to hydrolysis) is 1. The van der Waals surface area contributed by atoms with Gasteiger partial charge in [0.05, 0.1) is 12.6 Å². The van der Waals surface area contributed by atoms with Gasteiger partial charge in [0.25, 0.3) is 10.1 Å². The molecular weight excluding hydrogens is 512 g/mol. The van der Waals surface area contributed by atoms with Crippen molar-refractivity contribution in [1.29, 1.82) is 0 Å². The minimum absolute atomic E-state index is 0.0525. The lowest BCUT2D eigenvalue weighted by Gasteiger charge is -2.35. The lowest BCUT2D eigenvalue weighted by Crippen LogP contribution is -2.52. The van der Waals surface area contributed by atoms with Crippen LogP contribution in [0.4, 0.5) is 9.59 Å². The Bertz CT molecular complexity index is 1180. The predicted octanol–water partition coefficient (Wildman–Crippen LogP) is 4.20.